The fourth-order valence-corrected chi connectivity index (χ4v) is 2.09. The van der Waals surface area contributed by atoms with E-state index >= 15 is 0 Å². The lowest BCUT2D eigenvalue weighted by Gasteiger charge is -2.14. The molecule has 4 nitrogen and oxygen atoms in total. The van der Waals surface area contributed by atoms with Crippen molar-refractivity contribution in [2.75, 3.05) is 25.1 Å². The lowest BCUT2D eigenvalue weighted by atomic mass is 10.1. The molecule has 0 aliphatic rings. The van der Waals surface area contributed by atoms with Gasteiger partial charge in [-0.3, -0.25) is 4.98 Å². The molecule has 0 saturated heterocycles. The number of aromatic nitrogens is 1. The minimum absolute atomic E-state index is 0.164. The Hall–Kier alpha value is -1.86. The summed E-state index contributed by atoms with van der Waals surface area (Å²) in [4.78, 5) is 4.52. The number of ether oxygens (including phenoxy) is 1. The summed E-state index contributed by atoms with van der Waals surface area (Å²) >= 11 is 5.02. The Balaban J connectivity index is 2.16. The standard InChI is InChI=1S/C14H15F2N3OS/c15-12(16)8-20-6-5-18-13-9-3-1-2-4-11(9)19-7-10(13)14(17)21/h1-4,7,12H,5-6,8H2,(H2,17,21)(H,18,19). The third kappa shape index (κ3) is 4.05. The molecule has 0 unspecified atom stereocenters. The number of pyridine rings is 1. The molecule has 0 radical (unpaired) electrons. The second-order valence-corrected chi connectivity index (χ2v) is 4.76. The number of nitrogens with one attached hydrogen (secondary N) is 1. The van der Waals surface area contributed by atoms with Gasteiger partial charge in [-0.1, -0.05) is 30.4 Å². The minimum Gasteiger partial charge on any atom is -0.389 e. The van der Waals surface area contributed by atoms with Crippen molar-refractivity contribution in [3.8, 4) is 0 Å². The summed E-state index contributed by atoms with van der Waals surface area (Å²) in [5, 5.41) is 4.01. The van der Waals surface area contributed by atoms with Gasteiger partial charge in [0.15, 0.2) is 0 Å². The maximum absolute atomic E-state index is 12.0. The van der Waals surface area contributed by atoms with Crippen molar-refractivity contribution in [3.05, 3.63) is 36.0 Å². The van der Waals surface area contributed by atoms with E-state index in [0.717, 1.165) is 16.6 Å². The Bertz CT molecular complexity index is 637. The molecule has 0 amide bonds. The molecule has 21 heavy (non-hydrogen) atoms. The first kappa shape index (κ1) is 15.5. The SMILES string of the molecule is NC(=S)c1cnc2ccccc2c1NCCOCC(F)F. The number of fused-ring (bicyclic) bond motifs is 1. The number of halogens is 2. The Labute approximate surface area is 126 Å². The summed E-state index contributed by atoms with van der Waals surface area (Å²) in [7, 11) is 0. The zero-order valence-corrected chi connectivity index (χ0v) is 12.0. The van der Waals surface area contributed by atoms with Crippen molar-refractivity contribution in [2.45, 2.75) is 6.43 Å². The van der Waals surface area contributed by atoms with E-state index in [1.54, 1.807) is 6.20 Å². The van der Waals surface area contributed by atoms with Crippen LogP contribution in [0.4, 0.5) is 14.5 Å². The summed E-state index contributed by atoms with van der Waals surface area (Å²) in [6.07, 6.45) is -0.855. The molecule has 2 aromatic rings. The lowest BCUT2D eigenvalue weighted by molar-refractivity contribution is 0.0215. The molecule has 0 fully saturated rings. The molecular weight excluding hydrogens is 296 g/mol. The van der Waals surface area contributed by atoms with Gasteiger partial charge in [-0.05, 0) is 6.07 Å². The zero-order chi connectivity index (χ0) is 15.2. The molecule has 0 aliphatic heterocycles. The van der Waals surface area contributed by atoms with Crippen molar-refractivity contribution in [1.82, 2.24) is 4.98 Å². The predicted molar refractivity (Wildman–Crippen MR) is 82.9 cm³/mol. The monoisotopic (exact) mass is 311 g/mol. The molecular formula is C14H15F2N3OS. The Kier molecular flexibility index (Phi) is 5.35. The van der Waals surface area contributed by atoms with Gasteiger partial charge in [-0.2, -0.15) is 0 Å². The second-order valence-electron chi connectivity index (χ2n) is 4.32. The van der Waals surface area contributed by atoms with Crippen molar-refractivity contribution in [3.63, 3.8) is 0 Å². The van der Waals surface area contributed by atoms with E-state index in [-0.39, 0.29) is 11.6 Å². The van der Waals surface area contributed by atoms with E-state index in [0.29, 0.717) is 12.1 Å². The van der Waals surface area contributed by atoms with Gasteiger partial charge in [0.1, 0.15) is 11.6 Å². The van der Waals surface area contributed by atoms with Gasteiger partial charge in [-0.25, -0.2) is 8.78 Å². The van der Waals surface area contributed by atoms with Gasteiger partial charge in [-0.15, -0.1) is 0 Å². The van der Waals surface area contributed by atoms with E-state index in [1.807, 2.05) is 24.3 Å². The average molecular weight is 311 g/mol. The van der Waals surface area contributed by atoms with Crippen LogP contribution in [0.2, 0.25) is 0 Å². The number of rotatable bonds is 7. The number of para-hydroxylation sites is 1. The Morgan fingerprint density at radius 3 is 2.86 bits per heavy atom. The number of nitrogens with two attached hydrogens (primary N) is 1. The molecule has 2 rings (SSSR count). The zero-order valence-electron chi connectivity index (χ0n) is 11.2. The largest absolute Gasteiger partial charge is 0.389 e. The summed E-state index contributed by atoms with van der Waals surface area (Å²) in [5.41, 5.74) is 7.86. The molecule has 0 bridgehead atoms. The maximum atomic E-state index is 12.0. The number of benzene rings is 1. The van der Waals surface area contributed by atoms with Crippen LogP contribution in [0.3, 0.4) is 0 Å². The molecule has 3 N–H and O–H groups in total. The Morgan fingerprint density at radius 1 is 1.38 bits per heavy atom. The topological polar surface area (TPSA) is 60.2 Å². The van der Waals surface area contributed by atoms with Crippen molar-refractivity contribution in [1.29, 1.82) is 0 Å². The molecule has 0 aliphatic carbocycles. The molecule has 1 aromatic carbocycles. The van der Waals surface area contributed by atoms with Crippen molar-refractivity contribution in [2.24, 2.45) is 5.73 Å². The van der Waals surface area contributed by atoms with Crippen LogP contribution >= 0.6 is 12.2 Å². The minimum atomic E-state index is -2.46. The highest BCUT2D eigenvalue weighted by Gasteiger charge is 2.10. The number of anilines is 1. The summed E-state index contributed by atoms with van der Waals surface area (Å²) < 4.78 is 28.8. The van der Waals surface area contributed by atoms with E-state index in [2.05, 4.69) is 10.3 Å². The smallest absolute Gasteiger partial charge is 0.261 e. The second kappa shape index (κ2) is 7.24. The average Bonchev–Trinajstić information content (AvgIpc) is 2.46. The molecule has 0 saturated carbocycles. The van der Waals surface area contributed by atoms with Gasteiger partial charge in [0, 0.05) is 18.1 Å². The molecule has 1 aromatic heterocycles. The first-order valence-corrected chi connectivity index (χ1v) is 6.77. The highest BCUT2D eigenvalue weighted by Crippen LogP contribution is 2.25. The van der Waals surface area contributed by atoms with E-state index < -0.39 is 13.0 Å². The van der Waals surface area contributed by atoms with Crippen LogP contribution in [0, 0.1) is 0 Å². The quantitative estimate of drug-likeness (QED) is 0.608. The van der Waals surface area contributed by atoms with Gasteiger partial charge in [0.25, 0.3) is 6.43 Å². The number of hydrogen-bond donors (Lipinski definition) is 2. The van der Waals surface area contributed by atoms with Gasteiger partial charge >= 0.3 is 0 Å². The molecule has 7 heteroatoms. The van der Waals surface area contributed by atoms with Crippen LogP contribution in [0.5, 0.6) is 0 Å². The van der Waals surface area contributed by atoms with E-state index in [4.69, 9.17) is 22.7 Å². The molecule has 0 atom stereocenters. The summed E-state index contributed by atoms with van der Waals surface area (Å²) in [6.45, 7) is -0.0327. The molecule has 1 heterocycles. The Morgan fingerprint density at radius 2 is 2.14 bits per heavy atom. The third-order valence-corrected chi connectivity index (χ3v) is 3.05. The van der Waals surface area contributed by atoms with Crippen LogP contribution in [-0.4, -0.2) is 36.2 Å². The van der Waals surface area contributed by atoms with Crippen LogP contribution in [-0.2, 0) is 4.74 Å². The highest BCUT2D eigenvalue weighted by atomic mass is 32.1. The first-order valence-electron chi connectivity index (χ1n) is 6.37. The maximum Gasteiger partial charge on any atom is 0.261 e. The van der Waals surface area contributed by atoms with Crippen LogP contribution in [0.25, 0.3) is 10.9 Å². The number of hydrogen-bond acceptors (Lipinski definition) is 4. The number of thiocarbonyl (C=S) groups is 1. The molecule has 0 spiro atoms. The van der Waals surface area contributed by atoms with Gasteiger partial charge in [0.05, 0.1) is 23.4 Å². The van der Waals surface area contributed by atoms with Crippen LogP contribution < -0.4 is 11.1 Å². The van der Waals surface area contributed by atoms with Gasteiger partial charge in [0.2, 0.25) is 0 Å². The van der Waals surface area contributed by atoms with Crippen LogP contribution in [0.1, 0.15) is 5.56 Å². The van der Waals surface area contributed by atoms with E-state index in [1.165, 1.54) is 0 Å². The predicted octanol–water partition coefficient (Wildman–Crippen LogP) is 2.56. The lowest BCUT2D eigenvalue weighted by Crippen LogP contribution is -2.17. The van der Waals surface area contributed by atoms with Crippen LogP contribution in [0.15, 0.2) is 30.5 Å². The highest BCUT2D eigenvalue weighted by molar-refractivity contribution is 7.80. The van der Waals surface area contributed by atoms with Crippen molar-refractivity contribution >= 4 is 33.8 Å². The fourth-order valence-electron chi connectivity index (χ4n) is 1.94. The number of nitrogens with zero attached hydrogens (tertiary/aromatic N) is 1. The third-order valence-electron chi connectivity index (χ3n) is 2.83. The summed E-state index contributed by atoms with van der Waals surface area (Å²) in [5.74, 6) is 0. The number of alkyl halides is 2. The molecule has 112 valence electrons. The van der Waals surface area contributed by atoms with Gasteiger partial charge < -0.3 is 15.8 Å². The fraction of sp³-hybridized carbons (Fsp3) is 0.286. The van der Waals surface area contributed by atoms with Crippen molar-refractivity contribution < 1.29 is 13.5 Å². The summed E-state index contributed by atoms with van der Waals surface area (Å²) in [6, 6.07) is 7.53. The normalized spacial score (nSPS) is 11.0. The first-order chi connectivity index (χ1) is 10.1. The van der Waals surface area contributed by atoms with E-state index in [9.17, 15) is 8.78 Å².